The number of rotatable bonds is 4. The first kappa shape index (κ1) is 17.9. The van der Waals surface area contributed by atoms with Crippen LogP contribution in [0.4, 0.5) is 4.79 Å². The van der Waals surface area contributed by atoms with Crippen LogP contribution >= 0.6 is 0 Å². The highest BCUT2D eigenvalue weighted by Gasteiger charge is 2.31. The van der Waals surface area contributed by atoms with Gasteiger partial charge in [-0.1, -0.05) is 6.07 Å². The first-order valence-electron chi connectivity index (χ1n) is 8.09. The van der Waals surface area contributed by atoms with Gasteiger partial charge in [0.25, 0.3) is 0 Å². The predicted molar refractivity (Wildman–Crippen MR) is 91.5 cm³/mol. The van der Waals surface area contributed by atoms with E-state index in [0.29, 0.717) is 18.1 Å². The minimum Gasteiger partial charge on any atom is -0.444 e. The molecule has 0 N–H and O–H groups in total. The second-order valence-corrected chi connectivity index (χ2v) is 8.40. The van der Waals surface area contributed by atoms with Gasteiger partial charge in [0.15, 0.2) is 0 Å². The molecule has 1 aromatic rings. The molecule has 0 bridgehead atoms. The molecule has 1 amide bonds. The molecule has 1 aromatic heterocycles. The van der Waals surface area contributed by atoms with Gasteiger partial charge >= 0.3 is 6.09 Å². The maximum Gasteiger partial charge on any atom is 0.410 e. The SMILES string of the molecule is CC(C)(C)OC(=O)N1CCCC[C@H]1C[S@](=O)Cc1ccccn1. The van der Waals surface area contributed by atoms with Crippen molar-refractivity contribution in [1.29, 1.82) is 0 Å². The van der Waals surface area contributed by atoms with Gasteiger partial charge in [0.05, 0.1) is 11.4 Å². The van der Waals surface area contributed by atoms with E-state index in [1.807, 2.05) is 39.0 Å². The maximum absolute atomic E-state index is 12.4. The van der Waals surface area contributed by atoms with Crippen molar-refractivity contribution in [2.24, 2.45) is 0 Å². The van der Waals surface area contributed by atoms with E-state index in [2.05, 4.69) is 4.98 Å². The van der Waals surface area contributed by atoms with Crippen molar-refractivity contribution in [3.05, 3.63) is 30.1 Å². The van der Waals surface area contributed by atoms with E-state index in [4.69, 9.17) is 4.74 Å². The van der Waals surface area contributed by atoms with Crippen LogP contribution in [0.1, 0.15) is 45.7 Å². The fraction of sp³-hybridized carbons (Fsp3) is 0.647. The highest BCUT2D eigenvalue weighted by atomic mass is 32.2. The second kappa shape index (κ2) is 7.90. The standard InChI is InChI=1S/C17H26N2O3S/c1-17(2,3)22-16(20)19-11-7-5-9-15(19)13-23(21)12-14-8-4-6-10-18-14/h4,6,8,10,15H,5,7,9,11-13H2,1-3H3/t15-,23+/m0/s1. The summed E-state index contributed by atoms with van der Waals surface area (Å²) in [5.41, 5.74) is 0.317. The lowest BCUT2D eigenvalue weighted by atomic mass is 10.0. The van der Waals surface area contributed by atoms with E-state index in [-0.39, 0.29) is 12.1 Å². The Bertz CT molecular complexity index is 543. The first-order valence-corrected chi connectivity index (χ1v) is 9.58. The molecule has 2 atom stereocenters. The van der Waals surface area contributed by atoms with Crippen LogP contribution in [0.3, 0.4) is 0 Å². The molecule has 0 unspecified atom stereocenters. The molecule has 0 aliphatic carbocycles. The topological polar surface area (TPSA) is 59.5 Å². The zero-order valence-corrected chi connectivity index (χ0v) is 15.0. The number of ether oxygens (including phenoxy) is 1. The van der Waals surface area contributed by atoms with Crippen molar-refractivity contribution in [1.82, 2.24) is 9.88 Å². The number of piperidine rings is 1. The molecule has 1 aliphatic rings. The van der Waals surface area contributed by atoms with Gasteiger partial charge in [0.1, 0.15) is 5.60 Å². The summed E-state index contributed by atoms with van der Waals surface area (Å²) in [6.45, 7) is 6.27. The molecule has 1 saturated heterocycles. The Balaban J connectivity index is 1.95. The summed E-state index contributed by atoms with van der Waals surface area (Å²) in [5, 5.41) is 0. The normalized spacial score (nSPS) is 20.1. The van der Waals surface area contributed by atoms with E-state index < -0.39 is 16.4 Å². The Morgan fingerprint density at radius 2 is 2.17 bits per heavy atom. The van der Waals surface area contributed by atoms with E-state index in [0.717, 1.165) is 25.0 Å². The summed E-state index contributed by atoms with van der Waals surface area (Å²) < 4.78 is 17.9. The highest BCUT2D eigenvalue weighted by molar-refractivity contribution is 7.84. The molecule has 2 rings (SSSR count). The minimum atomic E-state index is -1.04. The van der Waals surface area contributed by atoms with Crippen LogP contribution in [0.2, 0.25) is 0 Å². The minimum absolute atomic E-state index is 0.0110. The highest BCUT2D eigenvalue weighted by Crippen LogP contribution is 2.21. The van der Waals surface area contributed by atoms with E-state index in [1.165, 1.54) is 0 Å². The second-order valence-electron chi connectivity index (χ2n) is 6.90. The molecule has 1 fully saturated rings. The van der Waals surface area contributed by atoms with Crippen molar-refractivity contribution in [2.75, 3.05) is 12.3 Å². The molecular weight excluding hydrogens is 312 g/mol. The Labute approximate surface area is 140 Å². The lowest BCUT2D eigenvalue weighted by Gasteiger charge is -2.36. The van der Waals surface area contributed by atoms with E-state index in [1.54, 1.807) is 11.1 Å². The van der Waals surface area contributed by atoms with Crippen LogP contribution in [-0.4, -0.2) is 44.1 Å². The van der Waals surface area contributed by atoms with Crippen molar-refractivity contribution in [3.8, 4) is 0 Å². The first-order chi connectivity index (χ1) is 10.8. The van der Waals surface area contributed by atoms with Gasteiger partial charge in [0, 0.05) is 35.3 Å². The molecule has 0 spiro atoms. The maximum atomic E-state index is 12.4. The van der Waals surface area contributed by atoms with Crippen LogP contribution in [0.5, 0.6) is 0 Å². The third-order valence-electron chi connectivity index (χ3n) is 3.67. The lowest BCUT2D eigenvalue weighted by molar-refractivity contribution is 0.0125. The Morgan fingerprint density at radius 1 is 1.39 bits per heavy atom. The number of hydrogen-bond donors (Lipinski definition) is 0. The van der Waals surface area contributed by atoms with Crippen molar-refractivity contribution in [2.45, 2.75) is 57.4 Å². The van der Waals surface area contributed by atoms with Crippen molar-refractivity contribution < 1.29 is 13.7 Å². The molecule has 5 nitrogen and oxygen atoms in total. The average molecular weight is 338 g/mol. The summed E-state index contributed by atoms with van der Waals surface area (Å²) in [5.74, 6) is 0.912. The zero-order valence-electron chi connectivity index (χ0n) is 14.2. The largest absolute Gasteiger partial charge is 0.444 e. The van der Waals surface area contributed by atoms with Gasteiger partial charge in [-0.25, -0.2) is 4.79 Å². The smallest absolute Gasteiger partial charge is 0.410 e. The quantitative estimate of drug-likeness (QED) is 0.846. The Kier molecular flexibility index (Phi) is 6.16. The number of pyridine rings is 1. The summed E-state index contributed by atoms with van der Waals surface area (Å²) in [4.78, 5) is 18.3. The van der Waals surface area contributed by atoms with Crippen LogP contribution in [-0.2, 0) is 21.3 Å². The molecule has 0 aromatic carbocycles. The third kappa shape index (κ3) is 5.94. The van der Waals surface area contributed by atoms with Crippen molar-refractivity contribution >= 4 is 16.9 Å². The Morgan fingerprint density at radius 3 is 2.83 bits per heavy atom. The predicted octanol–water partition coefficient (Wildman–Crippen LogP) is 3.12. The van der Waals surface area contributed by atoms with Crippen LogP contribution in [0, 0.1) is 0 Å². The number of aromatic nitrogens is 1. The van der Waals surface area contributed by atoms with Gasteiger partial charge in [-0.2, -0.15) is 0 Å². The van der Waals surface area contributed by atoms with E-state index in [9.17, 15) is 9.00 Å². The molecule has 2 heterocycles. The summed E-state index contributed by atoms with van der Waals surface area (Å²) in [6.07, 6.45) is 4.33. The molecule has 0 radical (unpaired) electrons. The molecule has 128 valence electrons. The zero-order chi connectivity index (χ0) is 16.9. The number of carbonyl (C=O) groups excluding carboxylic acids is 1. The molecular formula is C17H26N2O3S. The number of amides is 1. The number of carbonyl (C=O) groups is 1. The fourth-order valence-electron chi connectivity index (χ4n) is 2.66. The van der Waals surface area contributed by atoms with Crippen LogP contribution < -0.4 is 0 Å². The monoisotopic (exact) mass is 338 g/mol. The van der Waals surface area contributed by atoms with Crippen LogP contribution in [0.25, 0.3) is 0 Å². The van der Waals surface area contributed by atoms with Crippen LogP contribution in [0.15, 0.2) is 24.4 Å². The molecule has 0 saturated carbocycles. The van der Waals surface area contributed by atoms with Crippen molar-refractivity contribution in [3.63, 3.8) is 0 Å². The van der Waals surface area contributed by atoms with Gasteiger partial charge < -0.3 is 9.64 Å². The molecule has 6 heteroatoms. The van der Waals surface area contributed by atoms with Gasteiger partial charge in [0.2, 0.25) is 0 Å². The van der Waals surface area contributed by atoms with Gasteiger partial charge in [-0.15, -0.1) is 0 Å². The summed E-state index contributed by atoms with van der Waals surface area (Å²) in [7, 11) is -1.04. The molecule has 1 aliphatic heterocycles. The summed E-state index contributed by atoms with van der Waals surface area (Å²) >= 11 is 0. The Hall–Kier alpha value is -1.43. The fourth-order valence-corrected chi connectivity index (χ4v) is 4.05. The molecule has 23 heavy (non-hydrogen) atoms. The van der Waals surface area contributed by atoms with Gasteiger partial charge in [-0.3, -0.25) is 9.19 Å². The van der Waals surface area contributed by atoms with Gasteiger partial charge in [-0.05, 0) is 52.2 Å². The number of likely N-dealkylation sites (tertiary alicyclic amines) is 1. The number of nitrogens with zero attached hydrogens (tertiary/aromatic N) is 2. The third-order valence-corrected chi connectivity index (χ3v) is 5.04. The lowest BCUT2D eigenvalue weighted by Crippen LogP contribution is -2.48. The van der Waals surface area contributed by atoms with E-state index >= 15 is 0 Å². The average Bonchev–Trinajstić information content (AvgIpc) is 2.47. The number of hydrogen-bond acceptors (Lipinski definition) is 4. The summed E-state index contributed by atoms with van der Waals surface area (Å²) in [6, 6.07) is 5.61.